The Morgan fingerprint density at radius 3 is 2.70 bits per heavy atom. The topological polar surface area (TPSA) is 60.1 Å². The maximum atomic E-state index is 12.4. The third-order valence-electron chi connectivity index (χ3n) is 3.10. The van der Waals surface area contributed by atoms with E-state index in [0.717, 1.165) is 18.4 Å². The summed E-state index contributed by atoms with van der Waals surface area (Å²) in [4.78, 5) is 12.4. The van der Waals surface area contributed by atoms with E-state index in [-0.39, 0.29) is 11.5 Å². The lowest BCUT2D eigenvalue weighted by Crippen LogP contribution is -2.25. The maximum absolute atomic E-state index is 12.4. The van der Waals surface area contributed by atoms with Crippen LogP contribution in [0.5, 0.6) is 0 Å². The van der Waals surface area contributed by atoms with Gasteiger partial charge in [0.05, 0.1) is 6.21 Å². The Balaban J connectivity index is 2.01. The lowest BCUT2D eigenvalue weighted by Gasteiger charge is -2.05. The van der Waals surface area contributed by atoms with Crippen molar-refractivity contribution in [2.45, 2.75) is 23.9 Å². The zero-order valence-electron chi connectivity index (χ0n) is 11.1. The quantitative estimate of drug-likeness (QED) is 0.638. The third-order valence-corrected chi connectivity index (χ3v) is 3.72. The van der Waals surface area contributed by atoms with E-state index < -0.39 is 0 Å². The SMILES string of the molecule is CSc1nnc(C2CC2)c(=O)n1/N=C/c1ccccc1. The van der Waals surface area contributed by atoms with E-state index in [1.54, 1.807) is 6.21 Å². The van der Waals surface area contributed by atoms with Gasteiger partial charge >= 0.3 is 0 Å². The van der Waals surface area contributed by atoms with Crippen LogP contribution in [0.3, 0.4) is 0 Å². The van der Waals surface area contributed by atoms with Crippen molar-refractivity contribution in [1.82, 2.24) is 14.9 Å². The van der Waals surface area contributed by atoms with Crippen molar-refractivity contribution < 1.29 is 0 Å². The predicted octanol–water partition coefficient (Wildman–Crippen LogP) is 2.12. The van der Waals surface area contributed by atoms with Gasteiger partial charge in [0.15, 0.2) is 0 Å². The van der Waals surface area contributed by atoms with Gasteiger partial charge in [0.2, 0.25) is 5.16 Å². The summed E-state index contributed by atoms with van der Waals surface area (Å²) in [6, 6.07) is 9.67. The zero-order valence-corrected chi connectivity index (χ0v) is 11.9. The molecular formula is C14H14N4OS. The number of hydrogen-bond acceptors (Lipinski definition) is 5. The average molecular weight is 286 g/mol. The highest BCUT2D eigenvalue weighted by molar-refractivity contribution is 7.98. The molecule has 5 nitrogen and oxygen atoms in total. The fourth-order valence-corrected chi connectivity index (χ4v) is 2.31. The predicted molar refractivity (Wildman–Crippen MR) is 79.5 cm³/mol. The standard InChI is InChI=1S/C14H14N4OS/c1-20-14-17-16-12(11-7-8-11)13(19)18(14)15-9-10-5-3-2-4-6-10/h2-6,9,11H,7-8H2,1H3/b15-9+. The highest BCUT2D eigenvalue weighted by Crippen LogP contribution is 2.37. The van der Waals surface area contributed by atoms with Crippen LogP contribution in [0.2, 0.25) is 0 Å². The molecule has 6 heteroatoms. The van der Waals surface area contributed by atoms with Crippen LogP contribution in [-0.4, -0.2) is 27.3 Å². The van der Waals surface area contributed by atoms with Crippen LogP contribution in [0.1, 0.15) is 30.0 Å². The summed E-state index contributed by atoms with van der Waals surface area (Å²) in [5.74, 6) is 0.268. The molecule has 0 spiro atoms. The van der Waals surface area contributed by atoms with E-state index in [0.29, 0.717) is 10.9 Å². The molecule has 0 unspecified atom stereocenters. The molecule has 0 bridgehead atoms. The van der Waals surface area contributed by atoms with Gasteiger partial charge in [0, 0.05) is 5.92 Å². The molecule has 0 aliphatic heterocycles. The Bertz CT molecular complexity index is 692. The summed E-state index contributed by atoms with van der Waals surface area (Å²) in [5, 5.41) is 12.9. The number of aromatic nitrogens is 3. The first-order valence-corrected chi connectivity index (χ1v) is 7.65. The molecule has 0 amide bonds. The minimum atomic E-state index is -0.154. The number of rotatable bonds is 4. The molecule has 1 aliphatic carbocycles. The maximum Gasteiger partial charge on any atom is 0.297 e. The first kappa shape index (κ1) is 13.1. The molecule has 1 aromatic carbocycles. The van der Waals surface area contributed by atoms with E-state index in [2.05, 4.69) is 15.3 Å². The highest BCUT2D eigenvalue weighted by atomic mass is 32.2. The average Bonchev–Trinajstić information content (AvgIpc) is 3.31. The molecular weight excluding hydrogens is 272 g/mol. The molecule has 0 atom stereocenters. The second kappa shape index (κ2) is 5.58. The number of nitrogens with zero attached hydrogens (tertiary/aromatic N) is 4. The molecule has 1 aromatic heterocycles. The summed E-state index contributed by atoms with van der Waals surface area (Å²) in [6.45, 7) is 0. The smallest absolute Gasteiger partial charge is 0.265 e. The van der Waals surface area contributed by atoms with Crippen molar-refractivity contribution in [3.8, 4) is 0 Å². The summed E-state index contributed by atoms with van der Waals surface area (Å²) in [7, 11) is 0. The number of hydrogen-bond donors (Lipinski definition) is 0. The molecule has 0 saturated heterocycles. The van der Waals surface area contributed by atoms with Crippen LogP contribution in [0.25, 0.3) is 0 Å². The van der Waals surface area contributed by atoms with E-state index in [1.807, 2.05) is 36.6 Å². The van der Waals surface area contributed by atoms with Crippen molar-refractivity contribution in [3.63, 3.8) is 0 Å². The summed E-state index contributed by atoms with van der Waals surface area (Å²) in [6.07, 6.45) is 5.56. The molecule has 3 rings (SSSR count). The van der Waals surface area contributed by atoms with Gasteiger partial charge in [0.25, 0.3) is 5.56 Å². The van der Waals surface area contributed by atoms with Crippen LogP contribution in [0.4, 0.5) is 0 Å². The molecule has 0 radical (unpaired) electrons. The Hall–Kier alpha value is -1.95. The summed E-state index contributed by atoms with van der Waals surface area (Å²) >= 11 is 1.36. The lowest BCUT2D eigenvalue weighted by molar-refractivity contribution is 0.624. The second-order valence-electron chi connectivity index (χ2n) is 4.62. The second-order valence-corrected chi connectivity index (χ2v) is 5.39. The van der Waals surface area contributed by atoms with Gasteiger partial charge in [-0.15, -0.1) is 10.2 Å². The summed E-state index contributed by atoms with van der Waals surface area (Å²) in [5.41, 5.74) is 1.32. The van der Waals surface area contributed by atoms with Crippen molar-refractivity contribution >= 4 is 18.0 Å². The van der Waals surface area contributed by atoms with Crippen LogP contribution in [-0.2, 0) is 0 Å². The number of thioether (sulfide) groups is 1. The molecule has 1 saturated carbocycles. The Labute approximate surface area is 120 Å². The van der Waals surface area contributed by atoms with Gasteiger partial charge in [0.1, 0.15) is 5.69 Å². The van der Waals surface area contributed by atoms with Gasteiger partial charge in [-0.1, -0.05) is 42.1 Å². The third kappa shape index (κ3) is 2.65. The van der Waals surface area contributed by atoms with E-state index in [9.17, 15) is 4.79 Å². The molecule has 1 heterocycles. The first-order chi connectivity index (χ1) is 9.79. The monoisotopic (exact) mass is 286 g/mol. The fraction of sp³-hybridized carbons (Fsp3) is 0.286. The van der Waals surface area contributed by atoms with Gasteiger partial charge in [-0.05, 0) is 24.7 Å². The molecule has 20 heavy (non-hydrogen) atoms. The van der Waals surface area contributed by atoms with E-state index in [4.69, 9.17) is 0 Å². The van der Waals surface area contributed by atoms with Gasteiger partial charge in [-0.2, -0.15) is 9.78 Å². The Morgan fingerprint density at radius 1 is 1.30 bits per heavy atom. The minimum Gasteiger partial charge on any atom is -0.265 e. The van der Waals surface area contributed by atoms with Crippen LogP contribution >= 0.6 is 11.8 Å². The van der Waals surface area contributed by atoms with Crippen molar-refractivity contribution in [3.05, 3.63) is 51.9 Å². The minimum absolute atomic E-state index is 0.154. The van der Waals surface area contributed by atoms with Crippen LogP contribution < -0.4 is 5.56 Å². The molecule has 0 N–H and O–H groups in total. The largest absolute Gasteiger partial charge is 0.297 e. The van der Waals surface area contributed by atoms with Gasteiger partial charge in [-0.25, -0.2) is 0 Å². The Kier molecular flexibility index (Phi) is 3.64. The van der Waals surface area contributed by atoms with Gasteiger partial charge in [-0.3, -0.25) is 4.79 Å². The summed E-state index contributed by atoms with van der Waals surface area (Å²) < 4.78 is 1.35. The molecule has 1 fully saturated rings. The van der Waals surface area contributed by atoms with Gasteiger partial charge < -0.3 is 0 Å². The highest BCUT2D eigenvalue weighted by Gasteiger charge is 2.29. The lowest BCUT2D eigenvalue weighted by atomic mass is 10.2. The van der Waals surface area contributed by atoms with Crippen molar-refractivity contribution in [2.75, 3.05) is 6.26 Å². The van der Waals surface area contributed by atoms with E-state index in [1.165, 1.54) is 16.4 Å². The van der Waals surface area contributed by atoms with Crippen LogP contribution in [0.15, 0.2) is 45.4 Å². The molecule has 2 aromatic rings. The number of benzene rings is 1. The normalized spacial score (nSPS) is 14.8. The van der Waals surface area contributed by atoms with Crippen molar-refractivity contribution in [2.24, 2.45) is 5.10 Å². The first-order valence-electron chi connectivity index (χ1n) is 6.42. The zero-order chi connectivity index (χ0) is 13.9. The molecule has 102 valence electrons. The molecule has 1 aliphatic rings. The van der Waals surface area contributed by atoms with Crippen LogP contribution in [0, 0.1) is 0 Å². The fourth-order valence-electron chi connectivity index (χ4n) is 1.88. The Morgan fingerprint density at radius 2 is 2.05 bits per heavy atom. The van der Waals surface area contributed by atoms with Crippen molar-refractivity contribution in [1.29, 1.82) is 0 Å². The van der Waals surface area contributed by atoms with E-state index >= 15 is 0 Å².